The number of nitrogens with one attached hydrogen (secondary N) is 2. The number of rotatable bonds is 3. The van der Waals surface area contributed by atoms with Crippen LogP contribution in [-0.2, 0) is 14.3 Å². The van der Waals surface area contributed by atoms with E-state index in [-0.39, 0.29) is 11.8 Å². The van der Waals surface area contributed by atoms with Crippen LogP contribution in [0.4, 0.5) is 5.69 Å². The summed E-state index contributed by atoms with van der Waals surface area (Å²) in [5.41, 5.74) is 2.77. The Morgan fingerprint density at radius 2 is 1.85 bits per heavy atom. The molecule has 8 heteroatoms. The Hall–Kier alpha value is -2.61. The molecule has 7 nitrogen and oxygen atoms in total. The van der Waals surface area contributed by atoms with Gasteiger partial charge in [0.15, 0.2) is 0 Å². The van der Waals surface area contributed by atoms with E-state index in [9.17, 15) is 9.59 Å². The number of piperidine rings is 1. The van der Waals surface area contributed by atoms with Gasteiger partial charge in [0.05, 0.1) is 35.7 Å². The second-order valence-corrected chi connectivity index (χ2v) is 9.72. The molecule has 2 amide bonds. The Balaban J connectivity index is 1.49. The number of hydrogen-bond acceptors (Lipinski definition) is 4. The van der Waals surface area contributed by atoms with E-state index in [0.717, 1.165) is 26.3 Å². The molecule has 174 valence electrons. The van der Waals surface area contributed by atoms with Gasteiger partial charge in [-0.1, -0.05) is 31.5 Å². The molecule has 0 saturated carbocycles. The Morgan fingerprint density at radius 1 is 1.12 bits per heavy atom. The molecule has 33 heavy (non-hydrogen) atoms. The third-order valence-electron chi connectivity index (χ3n) is 6.99. The van der Waals surface area contributed by atoms with Gasteiger partial charge in [-0.3, -0.25) is 14.5 Å². The van der Waals surface area contributed by atoms with Crippen LogP contribution in [0.2, 0.25) is 5.02 Å². The van der Waals surface area contributed by atoms with Gasteiger partial charge in [-0.15, -0.1) is 0 Å². The number of hydrogen-bond donors (Lipinski definition) is 2. The quantitative estimate of drug-likeness (QED) is 0.677. The Morgan fingerprint density at radius 3 is 2.52 bits per heavy atom. The van der Waals surface area contributed by atoms with Crippen molar-refractivity contribution in [1.82, 2.24) is 14.8 Å². The van der Waals surface area contributed by atoms with E-state index in [4.69, 9.17) is 16.3 Å². The van der Waals surface area contributed by atoms with Gasteiger partial charge in [-0.05, 0) is 36.1 Å². The molecule has 1 aromatic carbocycles. The van der Waals surface area contributed by atoms with E-state index in [1.165, 1.54) is 0 Å². The van der Waals surface area contributed by atoms with Gasteiger partial charge in [0, 0.05) is 49.0 Å². The second kappa shape index (κ2) is 8.97. The molecule has 0 bridgehead atoms. The number of aromatic nitrogens is 1. The van der Waals surface area contributed by atoms with E-state index in [0.29, 0.717) is 64.1 Å². The van der Waals surface area contributed by atoms with Crippen molar-refractivity contribution in [3.63, 3.8) is 0 Å². The maximum absolute atomic E-state index is 14.0. The highest BCUT2D eigenvalue weighted by atomic mass is 35.5. The van der Waals surface area contributed by atoms with Gasteiger partial charge in [-0.2, -0.15) is 0 Å². The second-order valence-electron chi connectivity index (χ2n) is 9.28. The van der Waals surface area contributed by atoms with Crippen molar-refractivity contribution in [3.05, 3.63) is 52.8 Å². The number of likely N-dealkylation sites (tertiary alicyclic amines) is 1. The molecule has 2 N–H and O–H groups in total. The van der Waals surface area contributed by atoms with E-state index in [1.54, 1.807) is 24.4 Å². The van der Waals surface area contributed by atoms with Gasteiger partial charge in [-0.25, -0.2) is 0 Å². The van der Waals surface area contributed by atoms with Gasteiger partial charge in [0.25, 0.3) is 11.8 Å². The number of nitrogens with zero attached hydrogens (tertiary/aromatic N) is 2. The molecule has 3 aliphatic rings. The highest BCUT2D eigenvalue weighted by molar-refractivity contribution is 6.45. The maximum Gasteiger partial charge on any atom is 0.257 e. The fourth-order valence-electron chi connectivity index (χ4n) is 5.70. The monoisotopic (exact) mass is 468 g/mol. The lowest BCUT2D eigenvalue weighted by Gasteiger charge is -2.47. The van der Waals surface area contributed by atoms with Gasteiger partial charge >= 0.3 is 0 Å². The summed E-state index contributed by atoms with van der Waals surface area (Å²) in [5, 5.41) is 3.41. The average molecular weight is 469 g/mol. The number of carbonyl (C=O) groups is 2. The molecule has 2 saturated heterocycles. The van der Waals surface area contributed by atoms with Crippen LogP contribution in [0, 0.1) is 11.8 Å². The van der Waals surface area contributed by atoms with Crippen molar-refractivity contribution in [3.8, 4) is 0 Å². The molecular weight excluding hydrogens is 440 g/mol. The van der Waals surface area contributed by atoms with Crippen molar-refractivity contribution in [1.29, 1.82) is 0 Å². The molecule has 4 heterocycles. The first-order chi connectivity index (χ1) is 15.9. The summed E-state index contributed by atoms with van der Waals surface area (Å²) in [6.07, 6.45) is 1.77. The molecule has 3 aliphatic heterocycles. The van der Waals surface area contributed by atoms with Crippen LogP contribution in [0.15, 0.2) is 36.5 Å². The number of H-pyrrole nitrogens is 1. The third kappa shape index (κ3) is 4.09. The minimum Gasteiger partial charge on any atom is -0.379 e. The summed E-state index contributed by atoms with van der Waals surface area (Å²) in [5.74, 6) is 0.224. The molecule has 5 rings (SSSR count). The molecular formula is C25H29ClN4O3. The van der Waals surface area contributed by atoms with E-state index in [2.05, 4.69) is 29.0 Å². The maximum atomic E-state index is 14.0. The SMILES string of the molecule is CC1CN(C(=O)C(=C2C(=O)Nc3cc(Cl)ccc32)c2ccc[nH]2)CC(C)C1N1CCOCC1. The number of anilines is 1. The van der Waals surface area contributed by atoms with Gasteiger partial charge in [0.2, 0.25) is 0 Å². The molecule has 0 aliphatic carbocycles. The Kier molecular flexibility index (Phi) is 6.03. The largest absolute Gasteiger partial charge is 0.379 e. The summed E-state index contributed by atoms with van der Waals surface area (Å²) in [4.78, 5) is 34.6. The fourth-order valence-corrected chi connectivity index (χ4v) is 5.87. The number of ether oxygens (including phenoxy) is 1. The van der Waals surface area contributed by atoms with Gasteiger partial charge in [0.1, 0.15) is 0 Å². The predicted octanol–water partition coefficient (Wildman–Crippen LogP) is 3.35. The molecule has 1 aromatic heterocycles. The average Bonchev–Trinajstić information content (AvgIpc) is 3.42. The lowest BCUT2D eigenvalue weighted by atomic mass is 9.83. The molecule has 2 fully saturated rings. The van der Waals surface area contributed by atoms with Crippen molar-refractivity contribution in [2.24, 2.45) is 11.8 Å². The smallest absolute Gasteiger partial charge is 0.257 e. The number of aromatic amines is 1. The predicted molar refractivity (Wildman–Crippen MR) is 129 cm³/mol. The number of carbonyl (C=O) groups excluding carboxylic acids is 2. The first kappa shape index (κ1) is 22.2. The Bertz CT molecular complexity index is 1080. The number of morpholine rings is 1. The van der Waals surface area contributed by atoms with Crippen LogP contribution in [0.5, 0.6) is 0 Å². The number of benzene rings is 1. The summed E-state index contributed by atoms with van der Waals surface area (Å²) >= 11 is 6.13. The van der Waals surface area contributed by atoms with E-state index < -0.39 is 0 Å². The minimum atomic E-state index is -0.283. The number of halogens is 1. The van der Waals surface area contributed by atoms with Crippen molar-refractivity contribution in [2.75, 3.05) is 44.7 Å². The first-order valence-corrected chi connectivity index (χ1v) is 11.9. The Labute approximate surface area is 198 Å². The first-order valence-electron chi connectivity index (χ1n) is 11.5. The van der Waals surface area contributed by atoms with Crippen LogP contribution in [0.25, 0.3) is 11.1 Å². The van der Waals surface area contributed by atoms with Crippen LogP contribution in [0.3, 0.4) is 0 Å². The normalized spacial score (nSPS) is 27.3. The third-order valence-corrected chi connectivity index (χ3v) is 7.23. The topological polar surface area (TPSA) is 77.7 Å². The number of amides is 2. The molecule has 2 unspecified atom stereocenters. The standard InChI is InChI=1S/C25H29ClN4O3/c1-15-13-30(14-16(2)23(15)29-8-10-33-11-9-29)25(32)22(19-4-3-7-27-19)21-18-6-5-17(26)12-20(18)28-24(21)31/h3-7,12,15-16,23,27H,8-11,13-14H2,1-2H3,(H,28,31). The summed E-state index contributed by atoms with van der Waals surface area (Å²) in [7, 11) is 0. The highest BCUT2D eigenvalue weighted by Crippen LogP contribution is 2.39. The van der Waals surface area contributed by atoms with Crippen molar-refractivity contribution in [2.45, 2.75) is 19.9 Å². The lowest BCUT2D eigenvalue weighted by molar-refractivity contribution is -0.130. The van der Waals surface area contributed by atoms with Crippen LogP contribution < -0.4 is 5.32 Å². The lowest BCUT2D eigenvalue weighted by Crippen LogP contribution is -2.58. The summed E-state index contributed by atoms with van der Waals surface area (Å²) < 4.78 is 5.53. The van der Waals surface area contributed by atoms with Crippen LogP contribution >= 0.6 is 11.6 Å². The van der Waals surface area contributed by atoms with Crippen molar-refractivity contribution < 1.29 is 14.3 Å². The van der Waals surface area contributed by atoms with E-state index >= 15 is 0 Å². The number of fused-ring (bicyclic) bond motifs is 1. The molecule has 2 atom stereocenters. The van der Waals surface area contributed by atoms with Crippen LogP contribution in [0.1, 0.15) is 25.1 Å². The molecule has 2 aromatic rings. The zero-order valence-electron chi connectivity index (χ0n) is 18.9. The zero-order valence-corrected chi connectivity index (χ0v) is 19.7. The van der Waals surface area contributed by atoms with Crippen LogP contribution in [-0.4, -0.2) is 72.0 Å². The molecule has 0 spiro atoms. The van der Waals surface area contributed by atoms with Gasteiger partial charge < -0.3 is 19.9 Å². The summed E-state index contributed by atoms with van der Waals surface area (Å²) in [6.45, 7) is 9.14. The fraction of sp³-hybridized carbons (Fsp3) is 0.440. The van der Waals surface area contributed by atoms with Crippen molar-refractivity contribution >= 4 is 40.2 Å². The zero-order chi connectivity index (χ0) is 23.1. The molecule has 0 radical (unpaired) electrons. The summed E-state index contributed by atoms with van der Waals surface area (Å²) in [6, 6.07) is 9.36. The highest BCUT2D eigenvalue weighted by Gasteiger charge is 2.40. The minimum absolute atomic E-state index is 0.121. The van der Waals surface area contributed by atoms with E-state index in [1.807, 2.05) is 17.0 Å².